The summed E-state index contributed by atoms with van der Waals surface area (Å²) in [4.78, 5) is 30.8. The topological polar surface area (TPSA) is 138 Å². The number of nitrogens with two attached hydrogens (primary N) is 3. The predicted octanol–water partition coefficient (Wildman–Crippen LogP) is -0.0140. The van der Waals surface area contributed by atoms with E-state index in [0.717, 1.165) is 0 Å². The third-order valence-corrected chi connectivity index (χ3v) is 1.74. The van der Waals surface area contributed by atoms with Gasteiger partial charge in [-0.05, 0) is 31.2 Å². The van der Waals surface area contributed by atoms with Crippen molar-refractivity contribution in [1.82, 2.24) is 0 Å². The second-order valence-corrected chi connectivity index (χ2v) is 3.06. The van der Waals surface area contributed by atoms with Crippen LogP contribution < -0.4 is 17.2 Å². The smallest absolute Gasteiger partial charge is 0.404 e. The minimum atomic E-state index is -0.711. The van der Waals surface area contributed by atoms with Gasteiger partial charge in [-0.25, -0.2) is 4.79 Å². The standard InChI is InChI=1S/C8H8N2O2.C3H7NO2/c9-7(11)5-1-2-6(4-3-5)8(10)12;1-2-6-3(4)5/h1-4H,(H2,9,11)(H2,10,12);2H2,1H3,(H2,4,5). The molecule has 1 rings (SSSR count). The number of amides is 3. The molecule has 0 spiro atoms. The molecule has 1 aromatic rings. The van der Waals surface area contributed by atoms with E-state index in [4.69, 9.17) is 11.5 Å². The zero-order chi connectivity index (χ0) is 14.1. The van der Waals surface area contributed by atoms with Gasteiger partial charge in [-0.2, -0.15) is 0 Å². The van der Waals surface area contributed by atoms with Crippen molar-refractivity contribution < 1.29 is 19.1 Å². The lowest BCUT2D eigenvalue weighted by molar-refractivity contribution is 0.0988. The van der Waals surface area contributed by atoms with Gasteiger partial charge in [-0.1, -0.05) is 0 Å². The molecule has 0 aliphatic heterocycles. The molecule has 0 radical (unpaired) electrons. The summed E-state index contributed by atoms with van der Waals surface area (Å²) in [5, 5.41) is 0. The van der Waals surface area contributed by atoms with Gasteiger partial charge in [0.1, 0.15) is 0 Å². The third-order valence-electron chi connectivity index (χ3n) is 1.74. The highest BCUT2D eigenvalue weighted by Crippen LogP contribution is 2.02. The van der Waals surface area contributed by atoms with Crippen LogP contribution in [0.3, 0.4) is 0 Å². The van der Waals surface area contributed by atoms with Crippen LogP contribution in [0.25, 0.3) is 0 Å². The normalized spacial score (nSPS) is 8.72. The molecule has 0 heterocycles. The van der Waals surface area contributed by atoms with Crippen molar-refractivity contribution >= 4 is 17.9 Å². The molecule has 0 saturated carbocycles. The molecule has 0 aromatic heterocycles. The molecule has 0 fully saturated rings. The minimum absolute atomic E-state index is 0.356. The van der Waals surface area contributed by atoms with E-state index in [2.05, 4.69) is 10.5 Å². The summed E-state index contributed by atoms with van der Waals surface area (Å²) in [6, 6.07) is 5.84. The quantitative estimate of drug-likeness (QED) is 0.696. The second kappa shape index (κ2) is 7.66. The number of carbonyl (C=O) groups excluding carboxylic acids is 3. The summed E-state index contributed by atoms with van der Waals surface area (Å²) in [5.74, 6) is -1.04. The lowest BCUT2D eigenvalue weighted by atomic mass is 10.1. The maximum absolute atomic E-state index is 10.6. The molecule has 0 aliphatic carbocycles. The second-order valence-electron chi connectivity index (χ2n) is 3.06. The Morgan fingerprint density at radius 3 is 1.39 bits per heavy atom. The largest absolute Gasteiger partial charge is 0.450 e. The average molecular weight is 253 g/mol. The Balaban J connectivity index is 0.000000411. The number of benzene rings is 1. The van der Waals surface area contributed by atoms with E-state index in [1.54, 1.807) is 6.92 Å². The Hall–Kier alpha value is -2.57. The van der Waals surface area contributed by atoms with Gasteiger partial charge < -0.3 is 21.9 Å². The van der Waals surface area contributed by atoms with Crippen LogP contribution in [0.1, 0.15) is 27.6 Å². The Bertz CT molecular complexity index is 395. The van der Waals surface area contributed by atoms with Crippen LogP contribution in [0.2, 0.25) is 0 Å². The fraction of sp³-hybridized carbons (Fsp3) is 0.182. The Labute approximate surface area is 104 Å². The molecule has 0 aliphatic rings. The number of hydrogen-bond acceptors (Lipinski definition) is 4. The first-order chi connectivity index (χ1) is 8.38. The maximum Gasteiger partial charge on any atom is 0.404 e. The molecule has 0 unspecified atom stereocenters. The third kappa shape index (κ3) is 6.11. The van der Waals surface area contributed by atoms with Gasteiger partial charge in [-0.3, -0.25) is 9.59 Å². The van der Waals surface area contributed by atoms with Gasteiger partial charge in [0.05, 0.1) is 6.61 Å². The highest BCUT2D eigenvalue weighted by Gasteiger charge is 2.02. The first kappa shape index (κ1) is 15.4. The predicted molar refractivity (Wildman–Crippen MR) is 64.7 cm³/mol. The Kier molecular flexibility index (Phi) is 6.57. The molecule has 3 amide bonds. The first-order valence-corrected chi connectivity index (χ1v) is 5.00. The maximum atomic E-state index is 10.6. The summed E-state index contributed by atoms with van der Waals surface area (Å²) in [6.45, 7) is 2.06. The average Bonchev–Trinajstić information content (AvgIpc) is 2.29. The molecule has 98 valence electrons. The van der Waals surface area contributed by atoms with Crippen LogP contribution in [0, 0.1) is 0 Å². The Morgan fingerprint density at radius 2 is 1.28 bits per heavy atom. The highest BCUT2D eigenvalue weighted by atomic mass is 16.5. The fourth-order valence-corrected chi connectivity index (χ4v) is 0.941. The van der Waals surface area contributed by atoms with Crippen LogP contribution >= 0.6 is 0 Å². The van der Waals surface area contributed by atoms with Crippen LogP contribution in [-0.4, -0.2) is 24.5 Å². The van der Waals surface area contributed by atoms with Gasteiger partial charge in [0, 0.05) is 11.1 Å². The summed E-state index contributed by atoms with van der Waals surface area (Å²) >= 11 is 0. The summed E-state index contributed by atoms with van der Waals surface area (Å²) in [7, 11) is 0. The van der Waals surface area contributed by atoms with E-state index in [-0.39, 0.29) is 0 Å². The number of primary amides is 3. The van der Waals surface area contributed by atoms with Crippen molar-refractivity contribution in [3.05, 3.63) is 35.4 Å². The number of carbonyl (C=O) groups is 3. The van der Waals surface area contributed by atoms with E-state index in [1.165, 1.54) is 24.3 Å². The Morgan fingerprint density at radius 1 is 0.944 bits per heavy atom. The van der Waals surface area contributed by atoms with E-state index in [0.29, 0.717) is 17.7 Å². The van der Waals surface area contributed by atoms with Crippen molar-refractivity contribution in [3.8, 4) is 0 Å². The monoisotopic (exact) mass is 253 g/mol. The molecule has 7 nitrogen and oxygen atoms in total. The highest BCUT2D eigenvalue weighted by molar-refractivity contribution is 5.96. The lowest BCUT2D eigenvalue weighted by Crippen LogP contribution is -2.13. The van der Waals surface area contributed by atoms with Crippen LogP contribution in [0.15, 0.2) is 24.3 Å². The van der Waals surface area contributed by atoms with E-state index >= 15 is 0 Å². The van der Waals surface area contributed by atoms with Gasteiger partial charge in [0.2, 0.25) is 11.8 Å². The van der Waals surface area contributed by atoms with Crippen molar-refractivity contribution in [2.24, 2.45) is 17.2 Å². The summed E-state index contributed by atoms with van der Waals surface area (Å²) in [6.07, 6.45) is -0.711. The fourth-order valence-electron chi connectivity index (χ4n) is 0.941. The number of ether oxygens (including phenoxy) is 1. The molecule has 0 saturated heterocycles. The molecule has 18 heavy (non-hydrogen) atoms. The zero-order valence-electron chi connectivity index (χ0n) is 9.88. The molecule has 7 heteroatoms. The van der Waals surface area contributed by atoms with Crippen molar-refractivity contribution in [2.45, 2.75) is 6.92 Å². The molecular weight excluding hydrogens is 238 g/mol. The van der Waals surface area contributed by atoms with Gasteiger partial charge >= 0.3 is 6.09 Å². The molecule has 1 aromatic carbocycles. The molecular formula is C11H15N3O4. The number of rotatable bonds is 3. The van der Waals surface area contributed by atoms with Gasteiger partial charge in [0.15, 0.2) is 0 Å². The van der Waals surface area contributed by atoms with Crippen molar-refractivity contribution in [1.29, 1.82) is 0 Å². The van der Waals surface area contributed by atoms with Crippen LogP contribution in [0.4, 0.5) is 4.79 Å². The van der Waals surface area contributed by atoms with Crippen molar-refractivity contribution in [2.75, 3.05) is 6.61 Å². The first-order valence-electron chi connectivity index (χ1n) is 5.00. The van der Waals surface area contributed by atoms with E-state index in [9.17, 15) is 14.4 Å². The van der Waals surface area contributed by atoms with Crippen LogP contribution in [-0.2, 0) is 4.74 Å². The zero-order valence-corrected chi connectivity index (χ0v) is 9.88. The molecule has 0 atom stereocenters. The van der Waals surface area contributed by atoms with Gasteiger partial charge in [0.25, 0.3) is 0 Å². The van der Waals surface area contributed by atoms with Crippen molar-refractivity contribution in [3.63, 3.8) is 0 Å². The molecule has 6 N–H and O–H groups in total. The summed E-state index contributed by atoms with van der Waals surface area (Å²) < 4.78 is 4.18. The summed E-state index contributed by atoms with van der Waals surface area (Å²) in [5.41, 5.74) is 15.2. The SMILES string of the molecule is CCOC(N)=O.NC(=O)c1ccc(C(N)=O)cc1. The van der Waals surface area contributed by atoms with E-state index in [1.807, 2.05) is 0 Å². The minimum Gasteiger partial charge on any atom is -0.450 e. The van der Waals surface area contributed by atoms with Gasteiger partial charge in [-0.15, -0.1) is 0 Å². The number of hydrogen-bond donors (Lipinski definition) is 3. The van der Waals surface area contributed by atoms with Crippen LogP contribution in [0.5, 0.6) is 0 Å². The van der Waals surface area contributed by atoms with E-state index < -0.39 is 17.9 Å². The lowest BCUT2D eigenvalue weighted by Gasteiger charge is -1.96. The molecule has 0 bridgehead atoms.